The van der Waals surface area contributed by atoms with Crippen LogP contribution in [0.15, 0.2) is 35.4 Å². The van der Waals surface area contributed by atoms with Crippen LogP contribution >= 0.6 is 11.8 Å². The first-order valence-electron chi connectivity index (χ1n) is 11.0. The first kappa shape index (κ1) is 24.3. The molecule has 3 heterocycles. The fraction of sp³-hybridized carbons (Fsp3) is 0.292. The summed E-state index contributed by atoms with van der Waals surface area (Å²) in [5, 5.41) is 6.57. The number of nitrogens with zero attached hydrogens (tertiary/aromatic N) is 4. The molecular formula is C24H25N5O5S. The smallest absolute Gasteiger partial charge is 0.293 e. The summed E-state index contributed by atoms with van der Waals surface area (Å²) in [4.78, 5) is 43.8. The van der Waals surface area contributed by atoms with Gasteiger partial charge in [0.1, 0.15) is 5.56 Å². The summed E-state index contributed by atoms with van der Waals surface area (Å²) in [6.45, 7) is 6.25. The fourth-order valence-corrected chi connectivity index (χ4v) is 4.56. The molecule has 1 aliphatic heterocycles. The average Bonchev–Trinajstić information content (AvgIpc) is 3.36. The highest BCUT2D eigenvalue weighted by Gasteiger charge is 2.34. The maximum absolute atomic E-state index is 12.8. The lowest BCUT2D eigenvalue weighted by atomic mass is 10.2. The van der Waals surface area contributed by atoms with Crippen LogP contribution in [0.4, 0.5) is 4.79 Å². The number of imide groups is 1. The number of carbonyl (C=O) groups is 3. The number of fused-ring (bicyclic) bond motifs is 1. The summed E-state index contributed by atoms with van der Waals surface area (Å²) in [7, 11) is 1.54. The van der Waals surface area contributed by atoms with Crippen molar-refractivity contribution in [3.63, 3.8) is 0 Å². The number of aryl methyl sites for hydroxylation is 2. The van der Waals surface area contributed by atoms with Crippen LogP contribution in [0.3, 0.4) is 0 Å². The molecule has 0 saturated carbocycles. The molecule has 0 atom stereocenters. The molecule has 1 aliphatic rings. The quantitative estimate of drug-likeness (QED) is 0.474. The highest BCUT2D eigenvalue weighted by Crippen LogP contribution is 2.34. The molecule has 0 unspecified atom stereocenters. The van der Waals surface area contributed by atoms with E-state index < -0.39 is 11.1 Å². The number of rotatable bonds is 8. The van der Waals surface area contributed by atoms with Crippen molar-refractivity contribution in [1.82, 2.24) is 24.8 Å². The van der Waals surface area contributed by atoms with Gasteiger partial charge in [-0.05, 0) is 62.4 Å². The van der Waals surface area contributed by atoms with Crippen molar-refractivity contribution in [2.24, 2.45) is 0 Å². The second-order valence-electron chi connectivity index (χ2n) is 7.77. The summed E-state index contributed by atoms with van der Waals surface area (Å²) >= 11 is 0.857. The van der Waals surface area contributed by atoms with E-state index in [0.717, 1.165) is 28.0 Å². The Labute approximate surface area is 206 Å². The largest absolute Gasteiger partial charge is 0.493 e. The number of hydrogen-bond donors (Lipinski definition) is 1. The van der Waals surface area contributed by atoms with Crippen molar-refractivity contribution in [2.45, 2.75) is 20.8 Å². The van der Waals surface area contributed by atoms with Gasteiger partial charge in [-0.2, -0.15) is 5.10 Å². The monoisotopic (exact) mass is 495 g/mol. The van der Waals surface area contributed by atoms with Crippen molar-refractivity contribution < 1.29 is 23.9 Å². The maximum Gasteiger partial charge on any atom is 0.293 e. The molecule has 0 radical (unpaired) electrons. The molecule has 1 N–H and O–H groups in total. The third-order valence-electron chi connectivity index (χ3n) is 5.30. The molecule has 3 aromatic rings. The van der Waals surface area contributed by atoms with Gasteiger partial charge in [-0.25, -0.2) is 9.50 Å². The minimum Gasteiger partial charge on any atom is -0.493 e. The Hall–Kier alpha value is -3.86. The van der Waals surface area contributed by atoms with E-state index >= 15 is 0 Å². The Kier molecular flexibility index (Phi) is 7.06. The number of benzene rings is 1. The highest BCUT2D eigenvalue weighted by atomic mass is 32.2. The standard InChI is InChI=1S/C24H25N5O5S/c1-5-34-18-7-6-16(11-19(18)33-4)12-20-23(31)28(24(32)35-20)9-8-25-22(30)17-13-26-29-15(3)10-14(2)27-21(17)29/h6-7,10-13H,5,8-9H2,1-4H3,(H,25,30). The summed E-state index contributed by atoms with van der Waals surface area (Å²) in [5.74, 6) is 0.352. The molecule has 4 rings (SSSR count). The molecule has 1 fully saturated rings. The van der Waals surface area contributed by atoms with Crippen molar-refractivity contribution in [3.05, 3.63) is 57.9 Å². The predicted molar refractivity (Wildman–Crippen MR) is 132 cm³/mol. The number of thioether (sulfide) groups is 1. The molecule has 182 valence electrons. The number of amides is 3. The number of nitrogens with one attached hydrogen (secondary N) is 1. The SMILES string of the molecule is CCOc1ccc(C=C2SC(=O)N(CCNC(=O)c3cnn4c(C)cc(C)nc34)C2=O)cc1OC. The highest BCUT2D eigenvalue weighted by molar-refractivity contribution is 8.18. The zero-order valence-corrected chi connectivity index (χ0v) is 20.6. The van der Waals surface area contributed by atoms with Gasteiger partial charge >= 0.3 is 0 Å². The summed E-state index contributed by atoms with van der Waals surface area (Å²) < 4.78 is 12.5. The molecule has 0 spiro atoms. The third-order valence-corrected chi connectivity index (χ3v) is 6.21. The Morgan fingerprint density at radius 2 is 2.00 bits per heavy atom. The van der Waals surface area contributed by atoms with Gasteiger partial charge in [0.05, 0.1) is 24.8 Å². The Balaban J connectivity index is 1.41. The van der Waals surface area contributed by atoms with Gasteiger partial charge < -0.3 is 14.8 Å². The lowest BCUT2D eigenvalue weighted by molar-refractivity contribution is -0.122. The van der Waals surface area contributed by atoms with Crippen LogP contribution in [0.1, 0.15) is 34.2 Å². The molecule has 35 heavy (non-hydrogen) atoms. The number of aromatic nitrogens is 3. The Morgan fingerprint density at radius 3 is 2.74 bits per heavy atom. The zero-order chi connectivity index (χ0) is 25.1. The molecule has 1 saturated heterocycles. The van der Waals surface area contributed by atoms with E-state index in [1.165, 1.54) is 13.3 Å². The van der Waals surface area contributed by atoms with Crippen LogP contribution in [0, 0.1) is 13.8 Å². The zero-order valence-electron chi connectivity index (χ0n) is 19.8. The molecular weight excluding hydrogens is 470 g/mol. The molecule has 10 nitrogen and oxygen atoms in total. The minimum atomic E-state index is -0.411. The summed E-state index contributed by atoms with van der Waals surface area (Å²) in [6.07, 6.45) is 3.09. The average molecular weight is 496 g/mol. The van der Waals surface area contributed by atoms with E-state index in [4.69, 9.17) is 9.47 Å². The van der Waals surface area contributed by atoms with Crippen LogP contribution in [0.25, 0.3) is 11.7 Å². The Bertz CT molecular complexity index is 1350. The molecule has 2 aromatic heterocycles. The van der Waals surface area contributed by atoms with E-state index in [2.05, 4.69) is 15.4 Å². The van der Waals surface area contributed by atoms with Crippen molar-refractivity contribution >= 4 is 40.5 Å². The second kappa shape index (κ2) is 10.2. The van der Waals surface area contributed by atoms with Crippen LogP contribution < -0.4 is 14.8 Å². The van der Waals surface area contributed by atoms with Crippen molar-refractivity contribution in [3.8, 4) is 11.5 Å². The minimum absolute atomic E-state index is 0.0467. The van der Waals surface area contributed by atoms with E-state index in [1.807, 2.05) is 26.8 Å². The maximum atomic E-state index is 12.8. The van der Waals surface area contributed by atoms with Crippen LogP contribution in [-0.4, -0.2) is 63.4 Å². The van der Waals surface area contributed by atoms with Gasteiger partial charge in [-0.15, -0.1) is 0 Å². The van der Waals surface area contributed by atoms with Crippen LogP contribution in [0.2, 0.25) is 0 Å². The molecule has 3 amide bonds. The predicted octanol–water partition coefficient (Wildman–Crippen LogP) is 3.22. The van der Waals surface area contributed by atoms with Crippen molar-refractivity contribution in [1.29, 1.82) is 0 Å². The fourth-order valence-electron chi connectivity index (χ4n) is 3.70. The number of ether oxygens (including phenoxy) is 2. The van der Waals surface area contributed by atoms with Gasteiger partial charge in [-0.3, -0.25) is 19.3 Å². The first-order chi connectivity index (χ1) is 16.8. The topological polar surface area (TPSA) is 115 Å². The Morgan fingerprint density at radius 1 is 1.20 bits per heavy atom. The third kappa shape index (κ3) is 4.99. The molecule has 0 bridgehead atoms. The molecule has 11 heteroatoms. The number of carbonyl (C=O) groups excluding carboxylic acids is 3. The van der Waals surface area contributed by atoms with Gasteiger partial charge in [0.15, 0.2) is 17.1 Å². The van der Waals surface area contributed by atoms with E-state index in [9.17, 15) is 14.4 Å². The second-order valence-corrected chi connectivity index (χ2v) is 8.76. The molecule has 0 aliphatic carbocycles. The van der Waals surface area contributed by atoms with Crippen molar-refractivity contribution in [2.75, 3.05) is 26.8 Å². The van der Waals surface area contributed by atoms with Gasteiger partial charge in [0.2, 0.25) is 0 Å². The molecule has 1 aromatic carbocycles. The first-order valence-corrected chi connectivity index (χ1v) is 11.8. The summed E-state index contributed by atoms with van der Waals surface area (Å²) in [6, 6.07) is 7.16. The lowest BCUT2D eigenvalue weighted by Gasteiger charge is -2.13. The van der Waals surface area contributed by atoms with Crippen LogP contribution in [0.5, 0.6) is 11.5 Å². The number of hydrogen-bond acceptors (Lipinski definition) is 8. The van der Waals surface area contributed by atoms with E-state index in [-0.39, 0.29) is 19.0 Å². The van der Waals surface area contributed by atoms with E-state index in [0.29, 0.717) is 39.8 Å². The summed E-state index contributed by atoms with van der Waals surface area (Å²) in [5.41, 5.74) is 3.13. The van der Waals surface area contributed by atoms with Gasteiger partial charge in [-0.1, -0.05) is 6.07 Å². The lowest BCUT2D eigenvalue weighted by Crippen LogP contribution is -2.37. The van der Waals surface area contributed by atoms with Gasteiger partial charge in [0.25, 0.3) is 17.1 Å². The normalized spacial score (nSPS) is 14.7. The number of methoxy groups -OCH3 is 1. The van der Waals surface area contributed by atoms with E-state index in [1.54, 1.807) is 28.8 Å². The van der Waals surface area contributed by atoms with Crippen LogP contribution in [-0.2, 0) is 4.79 Å². The van der Waals surface area contributed by atoms with Gasteiger partial charge in [0, 0.05) is 24.5 Å².